The van der Waals surface area contributed by atoms with Crippen LogP contribution in [-0.2, 0) is 29.5 Å². The van der Waals surface area contributed by atoms with E-state index in [1.165, 1.54) is 0 Å². The van der Waals surface area contributed by atoms with Gasteiger partial charge in [-0.1, -0.05) is 0 Å². The Morgan fingerprint density at radius 1 is 0.917 bits per heavy atom. The standard InChI is InChI=1S/C8H19NO4S.C6H13NO2S/c1-8(2)9-14(10,11)7-6-13-5-4-12-3;1-5(2)7-10(8,9)6-3-4-6/h8-9H,4-7H2,1-3H3;5-7H,3-4H2,1-2H3. The van der Waals surface area contributed by atoms with Gasteiger partial charge in [0.1, 0.15) is 0 Å². The Labute approximate surface area is 146 Å². The molecule has 1 fully saturated rings. The molecule has 0 aromatic rings. The summed E-state index contributed by atoms with van der Waals surface area (Å²) >= 11 is 0. The minimum Gasteiger partial charge on any atom is -0.382 e. The number of methoxy groups -OCH3 is 1. The summed E-state index contributed by atoms with van der Waals surface area (Å²) in [5.74, 6) is -0.00507. The first-order valence-corrected chi connectivity index (χ1v) is 11.3. The highest BCUT2D eigenvalue weighted by molar-refractivity contribution is 7.90. The minimum absolute atomic E-state index is 0.00507. The number of sulfonamides is 2. The Balaban J connectivity index is 0.000000463. The number of hydrogen-bond donors (Lipinski definition) is 2. The van der Waals surface area contributed by atoms with Gasteiger partial charge in [-0.25, -0.2) is 26.3 Å². The number of rotatable bonds is 11. The lowest BCUT2D eigenvalue weighted by Gasteiger charge is -2.09. The summed E-state index contributed by atoms with van der Waals surface area (Å²) in [6.07, 6.45) is 1.67. The van der Waals surface area contributed by atoms with Crippen LogP contribution in [0.4, 0.5) is 0 Å². The van der Waals surface area contributed by atoms with Crippen LogP contribution in [-0.4, -0.2) is 66.9 Å². The number of nitrogens with one attached hydrogen (secondary N) is 2. The van der Waals surface area contributed by atoms with E-state index in [0.29, 0.717) is 13.2 Å². The van der Waals surface area contributed by atoms with Crippen molar-refractivity contribution in [2.75, 3.05) is 32.7 Å². The van der Waals surface area contributed by atoms with Gasteiger partial charge in [-0.15, -0.1) is 0 Å². The maximum absolute atomic E-state index is 11.3. The molecule has 0 bridgehead atoms. The second kappa shape index (κ2) is 11.4. The van der Waals surface area contributed by atoms with E-state index in [2.05, 4.69) is 9.44 Å². The first-order valence-electron chi connectivity index (χ1n) is 8.08. The van der Waals surface area contributed by atoms with Crippen molar-refractivity contribution < 1.29 is 26.3 Å². The fraction of sp³-hybridized carbons (Fsp3) is 1.00. The molecule has 0 unspecified atom stereocenters. The third-order valence-corrected chi connectivity index (χ3v) is 6.39. The summed E-state index contributed by atoms with van der Waals surface area (Å²) in [6, 6.07) is -0.0374. The van der Waals surface area contributed by atoms with Crippen molar-refractivity contribution in [3.8, 4) is 0 Å². The Bertz CT molecular complexity index is 527. The van der Waals surface area contributed by atoms with Gasteiger partial charge in [-0.3, -0.25) is 0 Å². The van der Waals surface area contributed by atoms with E-state index in [4.69, 9.17) is 9.47 Å². The van der Waals surface area contributed by atoms with Gasteiger partial charge in [0.2, 0.25) is 20.0 Å². The molecule has 146 valence electrons. The lowest BCUT2D eigenvalue weighted by atomic mass is 10.4. The zero-order chi connectivity index (χ0) is 18.8. The highest BCUT2D eigenvalue weighted by atomic mass is 32.2. The Kier molecular flexibility index (Phi) is 11.3. The van der Waals surface area contributed by atoms with Gasteiger partial charge in [-0.05, 0) is 40.5 Å². The topological polar surface area (TPSA) is 111 Å². The summed E-state index contributed by atoms with van der Waals surface area (Å²) in [4.78, 5) is 0. The minimum atomic E-state index is -3.18. The zero-order valence-electron chi connectivity index (χ0n) is 15.2. The van der Waals surface area contributed by atoms with Crippen LogP contribution in [0.3, 0.4) is 0 Å². The molecule has 1 rings (SSSR count). The van der Waals surface area contributed by atoms with E-state index in [1.54, 1.807) is 21.0 Å². The average Bonchev–Trinajstić information content (AvgIpc) is 3.20. The molecule has 1 aliphatic carbocycles. The van der Waals surface area contributed by atoms with Crippen molar-refractivity contribution in [1.82, 2.24) is 9.44 Å². The Morgan fingerprint density at radius 3 is 1.88 bits per heavy atom. The molecule has 10 heteroatoms. The smallest absolute Gasteiger partial charge is 0.214 e. The van der Waals surface area contributed by atoms with Crippen molar-refractivity contribution in [3.05, 3.63) is 0 Å². The highest BCUT2D eigenvalue weighted by Crippen LogP contribution is 2.27. The molecule has 1 aliphatic rings. The molecular weight excluding hydrogens is 356 g/mol. The SMILES string of the molecule is CC(C)NS(=O)(=O)C1CC1.COCCOCCS(=O)(=O)NC(C)C. The van der Waals surface area contributed by atoms with Crippen LogP contribution in [0.5, 0.6) is 0 Å². The van der Waals surface area contributed by atoms with Gasteiger partial charge in [0.15, 0.2) is 0 Å². The Morgan fingerprint density at radius 2 is 1.46 bits per heavy atom. The zero-order valence-corrected chi connectivity index (χ0v) is 16.9. The second-order valence-corrected chi connectivity index (χ2v) is 10.1. The predicted molar refractivity (Wildman–Crippen MR) is 95.0 cm³/mol. The summed E-state index contributed by atoms with van der Waals surface area (Å²) in [5, 5.41) is -0.0881. The van der Waals surface area contributed by atoms with Gasteiger partial charge in [-0.2, -0.15) is 0 Å². The summed E-state index contributed by atoms with van der Waals surface area (Å²) in [7, 11) is -4.55. The molecule has 0 amide bonds. The van der Waals surface area contributed by atoms with E-state index in [1.807, 2.05) is 13.8 Å². The van der Waals surface area contributed by atoms with Gasteiger partial charge in [0, 0.05) is 19.2 Å². The maximum Gasteiger partial charge on any atom is 0.214 e. The quantitative estimate of drug-likeness (QED) is 0.497. The van der Waals surface area contributed by atoms with Crippen LogP contribution in [0.25, 0.3) is 0 Å². The van der Waals surface area contributed by atoms with E-state index >= 15 is 0 Å². The maximum atomic E-state index is 11.3. The van der Waals surface area contributed by atoms with Gasteiger partial charge >= 0.3 is 0 Å². The van der Waals surface area contributed by atoms with Crippen molar-refractivity contribution in [2.24, 2.45) is 0 Å². The van der Waals surface area contributed by atoms with Gasteiger partial charge in [0.05, 0.1) is 30.8 Å². The van der Waals surface area contributed by atoms with E-state index in [0.717, 1.165) is 12.8 Å². The molecule has 2 N–H and O–H groups in total. The molecule has 24 heavy (non-hydrogen) atoms. The molecular formula is C14H32N2O6S2. The van der Waals surface area contributed by atoms with Crippen LogP contribution >= 0.6 is 0 Å². The normalized spacial score (nSPS) is 15.5. The molecule has 0 radical (unpaired) electrons. The molecule has 8 nitrogen and oxygen atoms in total. The third-order valence-electron chi connectivity index (χ3n) is 2.71. The third kappa shape index (κ3) is 13.1. The van der Waals surface area contributed by atoms with Crippen molar-refractivity contribution >= 4 is 20.0 Å². The van der Waals surface area contributed by atoms with Crippen molar-refractivity contribution in [2.45, 2.75) is 57.9 Å². The lowest BCUT2D eigenvalue weighted by molar-refractivity contribution is 0.0784. The molecule has 0 saturated heterocycles. The summed E-state index contributed by atoms with van der Waals surface area (Å²) in [5.41, 5.74) is 0. The van der Waals surface area contributed by atoms with Gasteiger partial charge < -0.3 is 9.47 Å². The first-order chi connectivity index (χ1) is 11.0. The summed E-state index contributed by atoms with van der Waals surface area (Å²) in [6.45, 7) is 8.34. The largest absolute Gasteiger partial charge is 0.382 e. The molecule has 0 aromatic carbocycles. The van der Waals surface area contributed by atoms with Crippen LogP contribution in [0.2, 0.25) is 0 Å². The van der Waals surface area contributed by atoms with Crippen LogP contribution in [0.15, 0.2) is 0 Å². The second-order valence-electron chi connectivity index (χ2n) is 6.21. The Hall–Kier alpha value is -0.260. The first kappa shape index (κ1) is 23.7. The monoisotopic (exact) mass is 388 g/mol. The average molecular weight is 389 g/mol. The van der Waals surface area contributed by atoms with E-state index < -0.39 is 20.0 Å². The highest BCUT2D eigenvalue weighted by Gasteiger charge is 2.35. The molecule has 0 aliphatic heterocycles. The summed E-state index contributed by atoms with van der Waals surface area (Å²) < 4.78 is 59.5. The molecule has 0 spiro atoms. The number of hydrogen-bond acceptors (Lipinski definition) is 6. The molecule has 0 aromatic heterocycles. The van der Waals surface area contributed by atoms with Crippen molar-refractivity contribution in [3.63, 3.8) is 0 Å². The molecule has 1 saturated carbocycles. The van der Waals surface area contributed by atoms with Crippen LogP contribution in [0, 0.1) is 0 Å². The van der Waals surface area contributed by atoms with Crippen LogP contribution in [0.1, 0.15) is 40.5 Å². The molecule has 0 heterocycles. The lowest BCUT2D eigenvalue weighted by Crippen LogP contribution is -2.33. The van der Waals surface area contributed by atoms with E-state index in [-0.39, 0.29) is 29.7 Å². The van der Waals surface area contributed by atoms with Crippen molar-refractivity contribution in [1.29, 1.82) is 0 Å². The van der Waals surface area contributed by atoms with Crippen LogP contribution < -0.4 is 9.44 Å². The predicted octanol–water partition coefficient (Wildman–Crippen LogP) is 0.454. The van der Waals surface area contributed by atoms with E-state index in [9.17, 15) is 16.8 Å². The van der Waals surface area contributed by atoms with Gasteiger partial charge in [0.25, 0.3) is 0 Å². The fourth-order valence-corrected chi connectivity index (χ4v) is 4.41. The molecule has 0 atom stereocenters. The fourth-order valence-electron chi connectivity index (χ4n) is 1.63. The number of ether oxygens (including phenoxy) is 2.